The number of rotatable bonds is 4. The van der Waals surface area contributed by atoms with Crippen molar-refractivity contribution in [3.63, 3.8) is 0 Å². The Morgan fingerprint density at radius 2 is 2.00 bits per heavy atom. The first kappa shape index (κ1) is 14.4. The van der Waals surface area contributed by atoms with Gasteiger partial charge < -0.3 is 14.7 Å². The van der Waals surface area contributed by atoms with Crippen LogP contribution in [-0.2, 0) is 16.1 Å². The zero-order valence-electron chi connectivity index (χ0n) is 11.9. The van der Waals surface area contributed by atoms with Crippen LogP contribution >= 0.6 is 0 Å². The number of carboxylic acid groups (broad SMARTS) is 1. The Labute approximate surface area is 118 Å². The Morgan fingerprint density at radius 3 is 2.45 bits per heavy atom. The van der Waals surface area contributed by atoms with Gasteiger partial charge in [-0.05, 0) is 38.0 Å². The number of carbonyl (C=O) groups excluding carboxylic acids is 1. The normalized spacial score (nSPS) is 21.1. The maximum atomic E-state index is 12.2. The number of aliphatic carboxylic acids is 1. The Kier molecular flexibility index (Phi) is 3.70. The lowest BCUT2D eigenvalue weighted by Gasteiger charge is -2.31. The summed E-state index contributed by atoms with van der Waals surface area (Å²) in [6.07, 6.45) is 0.345. The van der Waals surface area contributed by atoms with Crippen molar-refractivity contribution in [1.29, 1.82) is 0 Å². The van der Waals surface area contributed by atoms with E-state index < -0.39 is 17.4 Å². The molecule has 0 aliphatic carbocycles. The molecule has 0 radical (unpaired) electrons. The average molecular weight is 277 g/mol. The molecule has 1 fully saturated rings. The Morgan fingerprint density at radius 1 is 1.40 bits per heavy atom. The van der Waals surface area contributed by atoms with Gasteiger partial charge in [0, 0.05) is 12.1 Å². The van der Waals surface area contributed by atoms with E-state index in [0.717, 1.165) is 11.3 Å². The fourth-order valence-corrected chi connectivity index (χ4v) is 2.58. The molecule has 1 unspecified atom stereocenters. The van der Waals surface area contributed by atoms with Crippen molar-refractivity contribution in [2.75, 3.05) is 7.11 Å². The summed E-state index contributed by atoms with van der Waals surface area (Å²) in [6.45, 7) is 4.22. The minimum atomic E-state index is -1.04. The van der Waals surface area contributed by atoms with Gasteiger partial charge in [-0.25, -0.2) is 0 Å². The predicted molar refractivity (Wildman–Crippen MR) is 73.4 cm³/mol. The maximum absolute atomic E-state index is 12.2. The van der Waals surface area contributed by atoms with Crippen LogP contribution in [0.5, 0.6) is 5.75 Å². The standard InChI is InChI=1S/C15H19NO4/c1-15(2)8-12(14(18)19)13(17)16(15)9-10-4-6-11(20-3)7-5-10/h4-7,12H,8-9H2,1-3H3,(H,18,19). The van der Waals surface area contributed by atoms with E-state index in [4.69, 9.17) is 9.84 Å². The van der Waals surface area contributed by atoms with E-state index in [9.17, 15) is 9.59 Å². The van der Waals surface area contributed by atoms with Crippen LogP contribution in [0, 0.1) is 5.92 Å². The van der Waals surface area contributed by atoms with Gasteiger partial charge in [0.2, 0.25) is 5.91 Å². The summed E-state index contributed by atoms with van der Waals surface area (Å²) in [5, 5.41) is 9.10. The van der Waals surface area contributed by atoms with Crippen molar-refractivity contribution < 1.29 is 19.4 Å². The Hall–Kier alpha value is -2.04. The van der Waals surface area contributed by atoms with Crippen LogP contribution in [0.25, 0.3) is 0 Å². The van der Waals surface area contributed by atoms with Gasteiger partial charge in [0.1, 0.15) is 11.7 Å². The summed E-state index contributed by atoms with van der Waals surface area (Å²) in [6, 6.07) is 7.43. The molecule has 20 heavy (non-hydrogen) atoms. The molecular formula is C15H19NO4. The molecule has 1 atom stereocenters. The van der Waals surface area contributed by atoms with Gasteiger partial charge in [-0.3, -0.25) is 9.59 Å². The third kappa shape index (κ3) is 2.61. The highest BCUT2D eigenvalue weighted by atomic mass is 16.5. The SMILES string of the molecule is COc1ccc(CN2C(=O)C(C(=O)O)CC2(C)C)cc1. The third-order valence-electron chi connectivity index (χ3n) is 3.80. The Bertz CT molecular complexity index is 521. The zero-order valence-corrected chi connectivity index (χ0v) is 11.9. The van der Waals surface area contributed by atoms with Crippen LogP contribution in [0.2, 0.25) is 0 Å². The minimum Gasteiger partial charge on any atom is -0.497 e. The first-order valence-electron chi connectivity index (χ1n) is 6.52. The number of likely N-dealkylation sites (tertiary alicyclic amines) is 1. The van der Waals surface area contributed by atoms with E-state index in [2.05, 4.69) is 0 Å². The van der Waals surface area contributed by atoms with Crippen molar-refractivity contribution in [3.05, 3.63) is 29.8 Å². The maximum Gasteiger partial charge on any atom is 0.316 e. The first-order chi connectivity index (χ1) is 9.35. The number of benzene rings is 1. The summed E-state index contributed by atoms with van der Waals surface area (Å²) in [5.41, 5.74) is 0.512. The molecule has 0 aromatic heterocycles. The van der Waals surface area contributed by atoms with Gasteiger partial charge in [-0.15, -0.1) is 0 Å². The second kappa shape index (κ2) is 5.15. The third-order valence-corrected chi connectivity index (χ3v) is 3.80. The van der Waals surface area contributed by atoms with Crippen LogP contribution in [0.1, 0.15) is 25.8 Å². The van der Waals surface area contributed by atoms with Gasteiger partial charge in [-0.1, -0.05) is 12.1 Å². The van der Waals surface area contributed by atoms with Crippen LogP contribution in [0.3, 0.4) is 0 Å². The molecule has 1 amide bonds. The lowest BCUT2D eigenvalue weighted by atomic mass is 9.96. The van der Waals surface area contributed by atoms with E-state index in [1.165, 1.54) is 0 Å². The van der Waals surface area contributed by atoms with E-state index in [0.29, 0.717) is 13.0 Å². The number of carboxylic acids is 1. The number of ether oxygens (including phenoxy) is 1. The van der Waals surface area contributed by atoms with Crippen LogP contribution in [0.4, 0.5) is 0 Å². The highest BCUT2D eigenvalue weighted by molar-refractivity contribution is 5.99. The molecule has 1 saturated heterocycles. The molecule has 0 saturated carbocycles. The molecular weight excluding hydrogens is 258 g/mol. The smallest absolute Gasteiger partial charge is 0.316 e. The number of methoxy groups -OCH3 is 1. The number of carbonyl (C=O) groups is 2. The summed E-state index contributed by atoms with van der Waals surface area (Å²) >= 11 is 0. The lowest BCUT2D eigenvalue weighted by Crippen LogP contribution is -2.40. The molecule has 5 heteroatoms. The highest BCUT2D eigenvalue weighted by Gasteiger charge is 2.48. The number of hydrogen-bond acceptors (Lipinski definition) is 3. The van der Waals surface area contributed by atoms with Gasteiger partial charge in [0.25, 0.3) is 0 Å². The highest BCUT2D eigenvalue weighted by Crippen LogP contribution is 2.35. The monoisotopic (exact) mass is 277 g/mol. The summed E-state index contributed by atoms with van der Waals surface area (Å²) in [7, 11) is 1.60. The van der Waals surface area contributed by atoms with E-state index in [-0.39, 0.29) is 5.91 Å². The molecule has 1 N–H and O–H groups in total. The molecule has 1 heterocycles. The molecule has 1 aliphatic heterocycles. The van der Waals surface area contributed by atoms with Crippen LogP contribution in [0.15, 0.2) is 24.3 Å². The number of hydrogen-bond donors (Lipinski definition) is 1. The quantitative estimate of drug-likeness (QED) is 0.854. The van der Waals surface area contributed by atoms with Crippen molar-refractivity contribution in [2.24, 2.45) is 5.92 Å². The van der Waals surface area contributed by atoms with Crippen molar-refractivity contribution in [3.8, 4) is 5.75 Å². The average Bonchev–Trinajstić information content (AvgIpc) is 2.63. The van der Waals surface area contributed by atoms with Crippen molar-refractivity contribution in [1.82, 2.24) is 4.90 Å². The second-order valence-electron chi connectivity index (χ2n) is 5.68. The fraction of sp³-hybridized carbons (Fsp3) is 0.467. The number of amides is 1. The first-order valence-corrected chi connectivity index (χ1v) is 6.52. The molecule has 108 valence electrons. The zero-order chi connectivity index (χ0) is 14.9. The van der Waals surface area contributed by atoms with E-state index >= 15 is 0 Å². The van der Waals surface area contributed by atoms with Crippen LogP contribution < -0.4 is 4.74 Å². The molecule has 0 bridgehead atoms. The topological polar surface area (TPSA) is 66.8 Å². The lowest BCUT2D eigenvalue weighted by molar-refractivity contribution is -0.148. The predicted octanol–water partition coefficient (Wildman–Crippen LogP) is 1.91. The molecule has 1 aromatic carbocycles. The van der Waals surface area contributed by atoms with Crippen molar-refractivity contribution in [2.45, 2.75) is 32.4 Å². The molecule has 2 rings (SSSR count). The molecule has 5 nitrogen and oxygen atoms in total. The largest absolute Gasteiger partial charge is 0.497 e. The van der Waals surface area contributed by atoms with Gasteiger partial charge >= 0.3 is 5.97 Å². The van der Waals surface area contributed by atoms with Gasteiger partial charge in [-0.2, -0.15) is 0 Å². The van der Waals surface area contributed by atoms with E-state index in [1.807, 2.05) is 38.1 Å². The molecule has 1 aliphatic rings. The summed E-state index contributed by atoms with van der Waals surface area (Å²) < 4.78 is 5.09. The summed E-state index contributed by atoms with van der Waals surface area (Å²) in [4.78, 5) is 25.0. The second-order valence-corrected chi connectivity index (χ2v) is 5.68. The number of nitrogens with zero attached hydrogens (tertiary/aromatic N) is 1. The fourth-order valence-electron chi connectivity index (χ4n) is 2.58. The minimum absolute atomic E-state index is 0.307. The summed E-state index contributed by atoms with van der Waals surface area (Å²) in [5.74, 6) is -1.52. The molecule has 1 aromatic rings. The van der Waals surface area contributed by atoms with Gasteiger partial charge in [0.05, 0.1) is 7.11 Å². The van der Waals surface area contributed by atoms with E-state index in [1.54, 1.807) is 12.0 Å². The van der Waals surface area contributed by atoms with Crippen molar-refractivity contribution >= 4 is 11.9 Å². The Balaban J connectivity index is 2.18. The van der Waals surface area contributed by atoms with Crippen LogP contribution in [-0.4, -0.2) is 34.5 Å². The molecule has 0 spiro atoms. The van der Waals surface area contributed by atoms with Gasteiger partial charge in [0.15, 0.2) is 0 Å².